The molecule has 7 rings (SSSR count). The van der Waals surface area contributed by atoms with Crippen molar-refractivity contribution in [3.63, 3.8) is 0 Å². The molecule has 0 spiro atoms. The van der Waals surface area contributed by atoms with E-state index in [9.17, 15) is 9.59 Å². The summed E-state index contributed by atoms with van der Waals surface area (Å²) in [5.74, 6) is 2.08. The summed E-state index contributed by atoms with van der Waals surface area (Å²) in [4.78, 5) is 40.0. The van der Waals surface area contributed by atoms with E-state index in [-0.39, 0.29) is 17.9 Å². The lowest BCUT2D eigenvalue weighted by atomic mass is 9.98. The summed E-state index contributed by atoms with van der Waals surface area (Å²) in [6, 6.07) is 19.2. The van der Waals surface area contributed by atoms with Crippen LogP contribution in [-0.4, -0.2) is 80.4 Å². The third kappa shape index (κ3) is 4.78. The van der Waals surface area contributed by atoms with Crippen molar-refractivity contribution in [1.82, 2.24) is 29.2 Å². The molecule has 1 saturated carbocycles. The van der Waals surface area contributed by atoms with Gasteiger partial charge in [-0.1, -0.05) is 24.8 Å². The number of likely N-dealkylation sites (tertiary alicyclic amines) is 1. The van der Waals surface area contributed by atoms with Crippen molar-refractivity contribution < 1.29 is 9.59 Å². The van der Waals surface area contributed by atoms with E-state index in [0.717, 1.165) is 41.1 Å². The third-order valence-corrected chi connectivity index (χ3v) is 8.92. The van der Waals surface area contributed by atoms with Crippen molar-refractivity contribution >= 4 is 28.8 Å². The molecule has 2 N–H and O–H groups in total. The minimum absolute atomic E-state index is 0.0647. The van der Waals surface area contributed by atoms with Crippen molar-refractivity contribution in [2.45, 2.75) is 31.1 Å². The predicted molar refractivity (Wildman–Crippen MR) is 163 cm³/mol. The number of hydrogen-bond donors (Lipinski definition) is 1. The summed E-state index contributed by atoms with van der Waals surface area (Å²) in [5.41, 5.74) is 12.7. The quantitative estimate of drug-likeness (QED) is 0.353. The van der Waals surface area contributed by atoms with Crippen LogP contribution in [0.5, 0.6) is 0 Å². The predicted octanol–water partition coefficient (Wildman–Crippen LogP) is 4.79. The van der Waals surface area contributed by atoms with Crippen LogP contribution in [0.4, 0.5) is 10.6 Å². The van der Waals surface area contributed by atoms with Crippen molar-refractivity contribution in [2.24, 2.45) is 0 Å². The van der Waals surface area contributed by atoms with Crippen LogP contribution >= 0.6 is 0 Å². The van der Waals surface area contributed by atoms with E-state index in [1.165, 1.54) is 30.0 Å². The third-order valence-electron chi connectivity index (χ3n) is 8.92. The molecule has 0 radical (unpaired) electrons. The van der Waals surface area contributed by atoms with Gasteiger partial charge in [0.05, 0.1) is 16.6 Å². The number of nitrogens with zero attached hydrogens (tertiary/aromatic N) is 6. The van der Waals surface area contributed by atoms with Crippen LogP contribution in [-0.2, 0) is 4.79 Å². The number of amides is 3. The number of imidazole rings is 1. The number of pyridine rings is 1. The smallest absolute Gasteiger partial charge is 0.320 e. The number of nitrogens with two attached hydrogens (primary N) is 1. The number of aromatic nitrogens is 3. The zero-order valence-electron chi connectivity index (χ0n) is 23.7. The summed E-state index contributed by atoms with van der Waals surface area (Å²) in [6.07, 6.45) is 6.44. The van der Waals surface area contributed by atoms with Gasteiger partial charge in [-0.2, -0.15) is 0 Å². The monoisotopic (exact) mass is 561 g/mol. The van der Waals surface area contributed by atoms with Gasteiger partial charge in [-0.3, -0.25) is 9.36 Å². The fraction of sp³-hybridized carbons (Fsp3) is 0.333. The highest BCUT2D eigenvalue weighted by molar-refractivity contribution is 5.87. The lowest BCUT2D eigenvalue weighted by Gasteiger charge is -2.36. The molecule has 1 atom stereocenters. The summed E-state index contributed by atoms with van der Waals surface area (Å²) < 4.78 is 2.19. The van der Waals surface area contributed by atoms with Crippen LogP contribution < -0.4 is 5.73 Å². The lowest BCUT2D eigenvalue weighted by molar-refractivity contribution is -0.127. The first-order valence-corrected chi connectivity index (χ1v) is 14.8. The molecule has 1 aliphatic carbocycles. The average Bonchev–Trinajstić information content (AvgIpc) is 3.64. The number of fused-ring (bicyclic) bond motifs is 1. The highest BCUT2D eigenvalue weighted by atomic mass is 16.2. The van der Waals surface area contributed by atoms with Crippen molar-refractivity contribution in [3.05, 3.63) is 84.6 Å². The lowest BCUT2D eigenvalue weighted by Crippen LogP contribution is -2.53. The number of anilines is 1. The topological polar surface area (TPSA) is 101 Å². The molecule has 2 saturated heterocycles. The van der Waals surface area contributed by atoms with Gasteiger partial charge in [0, 0.05) is 57.1 Å². The summed E-state index contributed by atoms with van der Waals surface area (Å²) in [6.45, 7) is 7.20. The molecular weight excluding hydrogens is 526 g/mol. The summed E-state index contributed by atoms with van der Waals surface area (Å²) in [5, 5.41) is 0. The van der Waals surface area contributed by atoms with Crippen molar-refractivity contribution in [1.29, 1.82) is 0 Å². The van der Waals surface area contributed by atoms with Crippen molar-refractivity contribution in [2.75, 3.05) is 45.0 Å². The second-order valence-corrected chi connectivity index (χ2v) is 11.6. The van der Waals surface area contributed by atoms with E-state index >= 15 is 0 Å². The molecule has 2 aliphatic heterocycles. The minimum Gasteiger partial charge on any atom is -0.383 e. The molecule has 4 heterocycles. The fourth-order valence-corrected chi connectivity index (χ4v) is 6.36. The molecule has 9 nitrogen and oxygen atoms in total. The minimum atomic E-state index is -0.0742. The van der Waals surface area contributed by atoms with Gasteiger partial charge in [0.1, 0.15) is 11.6 Å². The molecular formula is C33H35N7O2. The zero-order valence-corrected chi connectivity index (χ0v) is 23.7. The maximum absolute atomic E-state index is 13.2. The summed E-state index contributed by atoms with van der Waals surface area (Å²) in [7, 11) is 0. The van der Waals surface area contributed by atoms with Gasteiger partial charge in [-0.15, -0.1) is 0 Å². The van der Waals surface area contributed by atoms with Gasteiger partial charge < -0.3 is 20.4 Å². The first-order chi connectivity index (χ1) is 20.5. The number of piperazine rings is 1. The van der Waals surface area contributed by atoms with Gasteiger partial charge in [-0.05, 0) is 78.8 Å². The average molecular weight is 562 g/mol. The molecule has 9 heteroatoms. The molecule has 2 aromatic carbocycles. The Morgan fingerprint density at radius 1 is 0.857 bits per heavy atom. The molecule has 214 valence electrons. The molecule has 3 aliphatic rings. The van der Waals surface area contributed by atoms with E-state index in [4.69, 9.17) is 10.7 Å². The Hall–Kier alpha value is -4.66. The maximum atomic E-state index is 13.2. The van der Waals surface area contributed by atoms with Gasteiger partial charge in [0.2, 0.25) is 5.91 Å². The number of nitrogen functional groups attached to an aromatic ring is 1. The number of hydrogen-bond acceptors (Lipinski definition) is 5. The van der Waals surface area contributed by atoms with Crippen LogP contribution in [0.2, 0.25) is 0 Å². The first-order valence-electron chi connectivity index (χ1n) is 14.8. The molecule has 3 fully saturated rings. The SMILES string of the molecule is C=CC(=O)N1CCN(C(=O)N2CC[C@@H](c3ccc(-n4c(-c5cccnc5N)nc5ccc(C6CC6)cc54)cc3)C2)CC1. The second-order valence-electron chi connectivity index (χ2n) is 11.6. The fourth-order valence-electron chi connectivity index (χ4n) is 6.36. The van der Waals surface area contributed by atoms with Crippen LogP contribution in [0.25, 0.3) is 28.1 Å². The number of carbonyl (C=O) groups excluding carboxylic acids is 2. The standard InChI is InChI=1S/C33H35N7O2/c1-2-30(41)37-16-18-38(19-17-37)33(42)39-15-13-25(21-39)23-7-10-26(11-8-23)40-29-20-24(22-5-6-22)9-12-28(29)36-32(40)27-4-3-14-35-31(27)34/h2-4,7-12,14,20,22,25H,1,5-6,13,15-19,21H2,(H2,34,35)/t25-/m1/s1. The second kappa shape index (κ2) is 10.6. The van der Waals surface area contributed by atoms with E-state index in [1.54, 1.807) is 11.1 Å². The van der Waals surface area contributed by atoms with E-state index in [2.05, 4.69) is 58.6 Å². The Morgan fingerprint density at radius 2 is 1.60 bits per heavy atom. The number of carbonyl (C=O) groups is 2. The normalized spacial score (nSPS) is 19.0. The van der Waals surface area contributed by atoms with Crippen LogP contribution in [0.15, 0.2) is 73.4 Å². The van der Waals surface area contributed by atoms with Crippen LogP contribution in [0.3, 0.4) is 0 Å². The Balaban J connectivity index is 1.12. The molecule has 42 heavy (non-hydrogen) atoms. The van der Waals surface area contributed by atoms with Gasteiger partial charge in [-0.25, -0.2) is 14.8 Å². The maximum Gasteiger partial charge on any atom is 0.320 e. The van der Waals surface area contributed by atoms with Crippen molar-refractivity contribution in [3.8, 4) is 17.1 Å². The van der Waals surface area contributed by atoms with E-state index < -0.39 is 0 Å². The van der Waals surface area contributed by atoms with E-state index in [1.807, 2.05) is 21.9 Å². The van der Waals surface area contributed by atoms with Gasteiger partial charge in [0.15, 0.2) is 0 Å². The number of rotatable bonds is 5. The largest absolute Gasteiger partial charge is 0.383 e. The highest BCUT2D eigenvalue weighted by Gasteiger charge is 2.32. The van der Waals surface area contributed by atoms with Crippen LogP contribution in [0.1, 0.15) is 42.2 Å². The Kier molecular flexibility index (Phi) is 6.64. The molecule has 2 aromatic heterocycles. The Bertz CT molecular complexity index is 1670. The molecule has 0 bridgehead atoms. The number of benzene rings is 2. The highest BCUT2D eigenvalue weighted by Crippen LogP contribution is 2.42. The van der Waals surface area contributed by atoms with E-state index in [0.29, 0.717) is 44.5 Å². The molecule has 3 amide bonds. The summed E-state index contributed by atoms with van der Waals surface area (Å²) >= 11 is 0. The van der Waals surface area contributed by atoms with Gasteiger partial charge >= 0.3 is 6.03 Å². The Morgan fingerprint density at radius 3 is 2.31 bits per heavy atom. The van der Waals surface area contributed by atoms with Crippen LogP contribution in [0, 0.1) is 0 Å². The first kappa shape index (κ1) is 26.3. The zero-order chi connectivity index (χ0) is 28.8. The van der Waals surface area contributed by atoms with Gasteiger partial charge in [0.25, 0.3) is 0 Å². The molecule has 4 aromatic rings. The number of urea groups is 1. The Labute approximate surface area is 245 Å². The molecule has 0 unspecified atom stereocenters.